The van der Waals surface area contributed by atoms with Gasteiger partial charge in [0.1, 0.15) is 16.6 Å². The van der Waals surface area contributed by atoms with Crippen molar-refractivity contribution in [2.75, 3.05) is 23.8 Å². The quantitative estimate of drug-likeness (QED) is 0.209. The van der Waals surface area contributed by atoms with E-state index in [1.54, 1.807) is 36.9 Å². The molecule has 0 amide bonds. The Morgan fingerprint density at radius 3 is 2.30 bits per heavy atom. The van der Waals surface area contributed by atoms with E-state index >= 15 is 0 Å². The van der Waals surface area contributed by atoms with Crippen LogP contribution in [0.25, 0.3) is 5.57 Å². The van der Waals surface area contributed by atoms with E-state index in [9.17, 15) is 8.42 Å². The second-order valence-corrected chi connectivity index (χ2v) is 18.0. The molecule has 0 radical (unpaired) electrons. The first kappa shape index (κ1) is 35.2. The fraction of sp³-hybridized carbons (Fsp3) is 0.538. The van der Waals surface area contributed by atoms with Gasteiger partial charge in [0, 0.05) is 12.1 Å². The average molecular weight is 720 g/mol. The van der Waals surface area contributed by atoms with Crippen molar-refractivity contribution in [2.45, 2.75) is 114 Å². The predicted molar refractivity (Wildman–Crippen MR) is 200 cm³/mol. The zero-order valence-electron chi connectivity index (χ0n) is 29.8. The van der Waals surface area contributed by atoms with Gasteiger partial charge in [-0.05, 0) is 120 Å². The Labute approximate surface area is 302 Å². The number of nitrogen functional groups attached to an aromatic ring is 1. The molecule has 0 unspecified atom stereocenters. The first-order valence-corrected chi connectivity index (χ1v) is 20.1. The smallest absolute Gasteiger partial charge is 0.236 e. The minimum absolute atomic E-state index is 0.100. The number of nitrogens with zero attached hydrogens (tertiary/aromatic N) is 4. The zero-order valence-corrected chi connectivity index (χ0v) is 31.4. The molecule has 3 heterocycles. The number of sulfone groups is 1. The Balaban J connectivity index is 1.40. The topological polar surface area (TPSA) is 111 Å². The highest BCUT2D eigenvalue weighted by Gasteiger charge is 2.46. The summed E-state index contributed by atoms with van der Waals surface area (Å²) in [5.41, 5.74) is 10.9. The largest absolute Gasteiger partial charge is 0.489 e. The number of anilines is 4. The van der Waals surface area contributed by atoms with E-state index in [1.165, 1.54) is 55.9 Å². The fourth-order valence-corrected chi connectivity index (χ4v) is 9.24. The lowest BCUT2D eigenvalue weighted by molar-refractivity contribution is -0.116. The van der Waals surface area contributed by atoms with Crippen molar-refractivity contribution in [1.29, 1.82) is 0 Å². The van der Waals surface area contributed by atoms with Crippen LogP contribution in [0.15, 0.2) is 53.6 Å². The molecule has 2 aliphatic carbocycles. The standard InChI is InChI=1S/C39H50ClN5O4S/c1-23(2)49-36-19-30(28-17-33(26-10-8-11-26)44(29-21-48-22-29)34(18-28)27-12-9-13-27)25(5)16-35(36)45(39-42-20-31(40)38(41)43-39)32-14-6-7-15-37(32)50(46,47)24(3)4/h6-7,14-17,19-20,23-24,26-27,29,33-34H,8-13,18,21-22H2,1-5H3,(H2,41,42,43)/t33-,34-/m0/s1. The number of nitrogens with two attached hydrogens (primary N) is 1. The van der Waals surface area contributed by atoms with Crippen LogP contribution < -0.4 is 15.4 Å². The third-order valence-electron chi connectivity index (χ3n) is 11.1. The van der Waals surface area contributed by atoms with Gasteiger partial charge < -0.3 is 15.2 Å². The molecule has 9 nitrogen and oxygen atoms in total. The zero-order chi connectivity index (χ0) is 35.3. The van der Waals surface area contributed by atoms with Gasteiger partial charge in [-0.25, -0.2) is 13.4 Å². The number of ether oxygens (including phenoxy) is 2. The number of rotatable bonds is 11. The van der Waals surface area contributed by atoms with Crippen molar-refractivity contribution in [1.82, 2.24) is 14.9 Å². The highest BCUT2D eigenvalue weighted by molar-refractivity contribution is 7.92. The van der Waals surface area contributed by atoms with Crippen LogP contribution in [0.1, 0.15) is 83.8 Å². The average Bonchev–Trinajstić information content (AvgIpc) is 2.99. The van der Waals surface area contributed by atoms with Gasteiger partial charge in [0.05, 0.1) is 53.1 Å². The highest BCUT2D eigenvalue weighted by atomic mass is 35.5. The van der Waals surface area contributed by atoms with Crippen LogP contribution in [0.2, 0.25) is 5.02 Å². The molecule has 2 aromatic carbocycles. The Morgan fingerprint density at radius 2 is 1.72 bits per heavy atom. The van der Waals surface area contributed by atoms with Gasteiger partial charge >= 0.3 is 0 Å². The molecule has 7 rings (SSSR count). The van der Waals surface area contributed by atoms with Gasteiger partial charge in [-0.15, -0.1) is 0 Å². The summed E-state index contributed by atoms with van der Waals surface area (Å²) in [5, 5.41) is -0.426. The van der Waals surface area contributed by atoms with E-state index in [2.05, 4.69) is 40.0 Å². The highest BCUT2D eigenvalue weighted by Crippen LogP contribution is 2.49. The first-order valence-electron chi connectivity index (χ1n) is 18.2. The molecule has 4 aliphatic rings. The summed E-state index contributed by atoms with van der Waals surface area (Å²) in [6.07, 6.45) is 12.6. The summed E-state index contributed by atoms with van der Waals surface area (Å²) in [6, 6.07) is 12.6. The third-order valence-corrected chi connectivity index (χ3v) is 13.6. The lowest BCUT2D eigenvalue weighted by Gasteiger charge is -2.55. The van der Waals surface area contributed by atoms with Crippen molar-refractivity contribution in [3.63, 3.8) is 0 Å². The second-order valence-electron chi connectivity index (χ2n) is 15.1. The van der Waals surface area contributed by atoms with Gasteiger partial charge in [0.2, 0.25) is 5.95 Å². The molecule has 1 saturated heterocycles. The number of halogens is 1. The Hall–Kier alpha value is -3.18. The van der Waals surface area contributed by atoms with Crippen LogP contribution in [0.4, 0.5) is 23.1 Å². The Kier molecular flexibility index (Phi) is 9.93. The summed E-state index contributed by atoms with van der Waals surface area (Å²) in [6.45, 7) is 11.2. The van der Waals surface area contributed by atoms with E-state index in [1.807, 2.05) is 19.9 Å². The molecule has 50 heavy (non-hydrogen) atoms. The molecule has 268 valence electrons. The molecule has 0 bridgehead atoms. The minimum Gasteiger partial charge on any atom is -0.489 e. The molecule has 3 fully saturated rings. The number of hydrogen-bond acceptors (Lipinski definition) is 9. The van der Waals surface area contributed by atoms with Crippen LogP contribution in [0.5, 0.6) is 5.75 Å². The van der Waals surface area contributed by atoms with E-state index in [0.29, 0.717) is 47.1 Å². The molecular formula is C39H50ClN5O4S. The van der Waals surface area contributed by atoms with Crippen LogP contribution in [-0.2, 0) is 14.6 Å². The van der Waals surface area contributed by atoms with Crippen molar-refractivity contribution in [3.8, 4) is 5.75 Å². The number of benzene rings is 2. The fourth-order valence-electron chi connectivity index (χ4n) is 7.92. The van der Waals surface area contributed by atoms with Crippen molar-refractivity contribution in [2.24, 2.45) is 11.8 Å². The number of para-hydroxylation sites is 1. The van der Waals surface area contributed by atoms with Crippen LogP contribution in [0, 0.1) is 18.8 Å². The van der Waals surface area contributed by atoms with Gasteiger partial charge in [-0.2, -0.15) is 4.98 Å². The third kappa shape index (κ3) is 6.53. The normalized spacial score (nSPS) is 22.2. The van der Waals surface area contributed by atoms with Crippen molar-refractivity contribution < 1.29 is 17.9 Å². The van der Waals surface area contributed by atoms with Gasteiger partial charge in [-0.1, -0.05) is 42.7 Å². The van der Waals surface area contributed by atoms with Crippen LogP contribution >= 0.6 is 11.6 Å². The lowest BCUT2D eigenvalue weighted by atomic mass is 9.69. The van der Waals surface area contributed by atoms with Gasteiger partial charge in [0.25, 0.3) is 0 Å². The molecule has 2 N–H and O–H groups in total. The maximum atomic E-state index is 13.8. The van der Waals surface area contributed by atoms with Crippen LogP contribution in [-0.4, -0.2) is 66.0 Å². The summed E-state index contributed by atoms with van der Waals surface area (Å²) in [7, 11) is -3.71. The van der Waals surface area contributed by atoms with E-state index in [4.69, 9.17) is 26.8 Å². The molecule has 1 aromatic heterocycles. The molecular weight excluding hydrogens is 670 g/mol. The summed E-state index contributed by atoms with van der Waals surface area (Å²) >= 11 is 6.29. The summed E-state index contributed by atoms with van der Waals surface area (Å²) in [4.78, 5) is 13.9. The molecule has 11 heteroatoms. The maximum Gasteiger partial charge on any atom is 0.236 e. The Bertz CT molecular complexity index is 1870. The maximum absolute atomic E-state index is 13.8. The second kappa shape index (κ2) is 14.1. The van der Waals surface area contributed by atoms with Gasteiger partial charge in [-0.3, -0.25) is 9.80 Å². The van der Waals surface area contributed by atoms with E-state index in [-0.39, 0.29) is 27.8 Å². The summed E-state index contributed by atoms with van der Waals surface area (Å²) in [5.74, 6) is 2.29. The van der Waals surface area contributed by atoms with Crippen molar-refractivity contribution >= 4 is 50.2 Å². The molecule has 2 aliphatic heterocycles. The molecule has 0 spiro atoms. The first-order chi connectivity index (χ1) is 23.9. The van der Waals surface area contributed by atoms with E-state index in [0.717, 1.165) is 25.2 Å². The van der Waals surface area contributed by atoms with Gasteiger partial charge in [0.15, 0.2) is 9.84 Å². The number of aromatic nitrogens is 2. The monoisotopic (exact) mass is 719 g/mol. The molecule has 2 atom stereocenters. The van der Waals surface area contributed by atoms with E-state index < -0.39 is 15.1 Å². The SMILES string of the molecule is Cc1cc(N(c2ncc(Cl)c(N)n2)c2ccccc2S(=O)(=O)C(C)C)c(OC(C)C)cc1C1=C[C@@H](C2CCC2)N(C2COC2)[C@H](C2CCC2)C1. The van der Waals surface area contributed by atoms with Crippen molar-refractivity contribution in [3.05, 3.63) is 64.8 Å². The molecule has 2 saturated carbocycles. The number of aryl methyl sites for hydroxylation is 1. The minimum atomic E-state index is -3.71. The lowest BCUT2D eigenvalue weighted by Crippen LogP contribution is -2.62. The molecule has 3 aromatic rings. The van der Waals surface area contributed by atoms with Crippen LogP contribution in [0.3, 0.4) is 0 Å². The predicted octanol–water partition coefficient (Wildman–Crippen LogP) is 8.29. The Morgan fingerprint density at radius 1 is 1.02 bits per heavy atom. The number of hydrogen-bond donors (Lipinski definition) is 1. The summed E-state index contributed by atoms with van der Waals surface area (Å²) < 4.78 is 40.0.